The molecule has 0 bridgehead atoms. The molecule has 0 aromatic carbocycles. The molecule has 0 aliphatic carbocycles. The fourth-order valence-corrected chi connectivity index (χ4v) is 4.42. The Morgan fingerprint density at radius 3 is 2.76 bits per heavy atom. The number of hydrogen-bond donors (Lipinski definition) is 1. The lowest BCUT2D eigenvalue weighted by Gasteiger charge is -2.40. The molecular weight excluding hydrogens is 378 g/mol. The van der Waals surface area contributed by atoms with Gasteiger partial charge in [0.1, 0.15) is 13.2 Å². The van der Waals surface area contributed by atoms with E-state index >= 15 is 0 Å². The highest BCUT2D eigenvalue weighted by molar-refractivity contribution is 5.92. The Labute approximate surface area is 170 Å². The highest BCUT2D eigenvalue weighted by Gasteiger charge is 2.65. The molecular formula is C21H28NO7+. The zero-order valence-electron chi connectivity index (χ0n) is 17.3. The van der Waals surface area contributed by atoms with Crippen LogP contribution in [0, 0.1) is 5.92 Å². The summed E-state index contributed by atoms with van der Waals surface area (Å²) in [6.07, 6.45) is 4.32. The van der Waals surface area contributed by atoms with Crippen molar-refractivity contribution in [2.24, 2.45) is 5.92 Å². The van der Waals surface area contributed by atoms with Gasteiger partial charge in [-0.2, -0.15) is 0 Å². The van der Waals surface area contributed by atoms with E-state index in [9.17, 15) is 19.5 Å². The first kappa shape index (κ1) is 21.3. The molecule has 8 heteroatoms. The van der Waals surface area contributed by atoms with E-state index in [-0.39, 0.29) is 16.7 Å². The Hall–Kier alpha value is -2.45. The van der Waals surface area contributed by atoms with E-state index in [0.717, 1.165) is 0 Å². The topological polar surface area (TPSA) is 99.1 Å². The van der Waals surface area contributed by atoms with Crippen LogP contribution in [0.5, 0.6) is 0 Å². The lowest BCUT2D eigenvalue weighted by atomic mass is 9.88. The van der Waals surface area contributed by atoms with Gasteiger partial charge in [0.05, 0.1) is 24.7 Å². The number of likely N-dealkylation sites (N-methyl/N-ethyl adjacent to an activating group) is 1. The third kappa shape index (κ3) is 3.20. The van der Waals surface area contributed by atoms with Crippen molar-refractivity contribution in [3.63, 3.8) is 0 Å². The number of esters is 3. The molecule has 0 saturated carbocycles. The Balaban J connectivity index is 2.08. The molecule has 158 valence electrons. The third-order valence-corrected chi connectivity index (χ3v) is 6.49. The van der Waals surface area contributed by atoms with Crippen LogP contribution in [-0.4, -0.2) is 71.7 Å². The first-order valence-electron chi connectivity index (χ1n) is 9.66. The minimum Gasteiger partial charge on any atom is -0.458 e. The number of rotatable bonds is 2. The van der Waals surface area contributed by atoms with Gasteiger partial charge in [0.15, 0.2) is 6.10 Å². The SMILES string of the molecule is C=C/C1=C/[C@@H](C)[C@](C)(OC(C)=O)C(=O)OCC2=CC[N+]3(C)CC[C@@H](OC1=O)C23O. The van der Waals surface area contributed by atoms with Gasteiger partial charge in [0.2, 0.25) is 5.60 Å². The summed E-state index contributed by atoms with van der Waals surface area (Å²) in [4.78, 5) is 37.4. The Bertz CT molecular complexity index is 831. The molecule has 5 atom stereocenters. The minimum atomic E-state index is -1.66. The van der Waals surface area contributed by atoms with E-state index in [1.807, 2.05) is 13.1 Å². The van der Waals surface area contributed by atoms with Crippen molar-refractivity contribution >= 4 is 17.9 Å². The van der Waals surface area contributed by atoms with Crippen molar-refractivity contribution in [3.05, 3.63) is 36.0 Å². The van der Waals surface area contributed by atoms with Gasteiger partial charge in [-0.05, 0) is 13.0 Å². The predicted octanol–water partition coefficient (Wildman–Crippen LogP) is 1.00. The molecule has 0 radical (unpaired) electrons. The van der Waals surface area contributed by atoms with Crippen LogP contribution in [0.15, 0.2) is 36.0 Å². The number of ether oxygens (including phenoxy) is 3. The second-order valence-corrected chi connectivity index (χ2v) is 8.33. The van der Waals surface area contributed by atoms with Crippen LogP contribution in [-0.2, 0) is 28.6 Å². The Morgan fingerprint density at radius 2 is 2.14 bits per heavy atom. The van der Waals surface area contributed by atoms with Gasteiger partial charge < -0.3 is 19.3 Å². The molecule has 3 aliphatic rings. The van der Waals surface area contributed by atoms with Crippen LogP contribution in [0.3, 0.4) is 0 Å². The molecule has 3 aliphatic heterocycles. The van der Waals surface area contributed by atoms with Crippen molar-refractivity contribution in [2.75, 3.05) is 26.7 Å². The standard InChI is InChI=1S/C21H28NO7/c1-6-15-11-13(2)20(4,29-14(3)23)19(25)27-12-16-7-9-22(5)10-8-17(21(16,22)26)28-18(15)24/h6-7,11,13,17,26H,1,8-10,12H2,2-5H3/q+1/b15-11-/t13-,17-,20+,21?,22?/m1/s1. The average molecular weight is 406 g/mol. The molecule has 3 rings (SSSR count). The van der Waals surface area contributed by atoms with Crippen molar-refractivity contribution in [3.8, 4) is 0 Å². The highest BCUT2D eigenvalue weighted by atomic mass is 16.6. The maximum Gasteiger partial charge on any atom is 0.351 e. The summed E-state index contributed by atoms with van der Waals surface area (Å²) in [6.45, 7) is 8.88. The fraction of sp³-hybridized carbons (Fsp3) is 0.571. The van der Waals surface area contributed by atoms with E-state index in [4.69, 9.17) is 14.2 Å². The van der Waals surface area contributed by atoms with Crippen LogP contribution in [0.1, 0.15) is 27.2 Å². The fourth-order valence-electron chi connectivity index (χ4n) is 4.42. The number of aliphatic hydroxyl groups is 1. The van der Waals surface area contributed by atoms with Crippen LogP contribution in [0.2, 0.25) is 0 Å². The van der Waals surface area contributed by atoms with Crippen molar-refractivity contribution in [2.45, 2.75) is 44.6 Å². The summed E-state index contributed by atoms with van der Waals surface area (Å²) in [7, 11) is 1.88. The van der Waals surface area contributed by atoms with Crippen molar-refractivity contribution in [1.29, 1.82) is 0 Å². The van der Waals surface area contributed by atoms with Gasteiger partial charge >= 0.3 is 17.9 Å². The van der Waals surface area contributed by atoms with Crippen molar-refractivity contribution in [1.82, 2.24) is 0 Å². The molecule has 2 unspecified atom stereocenters. The van der Waals surface area contributed by atoms with E-state index < -0.39 is 41.3 Å². The second-order valence-electron chi connectivity index (χ2n) is 8.33. The molecule has 1 fully saturated rings. The molecule has 0 amide bonds. The summed E-state index contributed by atoms with van der Waals surface area (Å²) in [5, 5.41) is 11.5. The molecule has 8 nitrogen and oxygen atoms in total. The van der Waals surface area contributed by atoms with Crippen LogP contribution in [0.4, 0.5) is 0 Å². The smallest absolute Gasteiger partial charge is 0.351 e. The number of nitrogens with zero attached hydrogens (tertiary/aromatic N) is 1. The van der Waals surface area contributed by atoms with Gasteiger partial charge in [0, 0.05) is 19.3 Å². The number of quaternary nitrogens is 1. The molecule has 0 aromatic rings. The molecule has 1 N–H and O–H groups in total. The number of cyclic esters (lactones) is 1. The lowest BCUT2D eigenvalue weighted by molar-refractivity contribution is -0.955. The lowest BCUT2D eigenvalue weighted by Crippen LogP contribution is -2.61. The maximum atomic E-state index is 12.9. The summed E-state index contributed by atoms with van der Waals surface area (Å²) in [5.41, 5.74) is -2.54. The van der Waals surface area contributed by atoms with Gasteiger partial charge in [-0.25, -0.2) is 9.59 Å². The van der Waals surface area contributed by atoms with Gasteiger partial charge in [0.25, 0.3) is 5.72 Å². The van der Waals surface area contributed by atoms with Gasteiger partial charge in [-0.3, -0.25) is 9.28 Å². The molecule has 1 saturated heterocycles. The van der Waals surface area contributed by atoms with E-state index in [1.165, 1.54) is 26.0 Å². The largest absolute Gasteiger partial charge is 0.458 e. The van der Waals surface area contributed by atoms with E-state index in [0.29, 0.717) is 25.1 Å². The van der Waals surface area contributed by atoms with Crippen LogP contribution in [0.25, 0.3) is 0 Å². The van der Waals surface area contributed by atoms with Crippen LogP contribution < -0.4 is 0 Å². The second kappa shape index (κ2) is 7.11. The van der Waals surface area contributed by atoms with E-state index in [1.54, 1.807) is 6.92 Å². The maximum absolute atomic E-state index is 12.9. The Kier molecular flexibility index (Phi) is 5.21. The summed E-state index contributed by atoms with van der Waals surface area (Å²) >= 11 is 0. The number of carbonyl (C=O) groups excluding carboxylic acids is 3. The normalized spacial score (nSPS) is 41.6. The first-order chi connectivity index (χ1) is 13.5. The Morgan fingerprint density at radius 1 is 1.45 bits per heavy atom. The third-order valence-electron chi connectivity index (χ3n) is 6.49. The molecule has 0 spiro atoms. The quantitative estimate of drug-likeness (QED) is 0.316. The highest BCUT2D eigenvalue weighted by Crippen LogP contribution is 2.45. The summed E-state index contributed by atoms with van der Waals surface area (Å²) in [5.74, 6) is -2.75. The zero-order valence-corrected chi connectivity index (χ0v) is 17.3. The predicted molar refractivity (Wildman–Crippen MR) is 102 cm³/mol. The molecule has 29 heavy (non-hydrogen) atoms. The van der Waals surface area contributed by atoms with Gasteiger partial charge in [-0.15, -0.1) is 0 Å². The average Bonchev–Trinajstić information content (AvgIpc) is 3.04. The van der Waals surface area contributed by atoms with Gasteiger partial charge in [-0.1, -0.05) is 25.7 Å². The number of hydrogen-bond acceptors (Lipinski definition) is 7. The van der Waals surface area contributed by atoms with E-state index in [2.05, 4.69) is 6.58 Å². The summed E-state index contributed by atoms with van der Waals surface area (Å²) in [6, 6.07) is 0. The van der Waals surface area contributed by atoms with Crippen molar-refractivity contribution < 1.29 is 38.2 Å². The monoisotopic (exact) mass is 406 g/mol. The summed E-state index contributed by atoms with van der Waals surface area (Å²) < 4.78 is 16.8. The van der Waals surface area contributed by atoms with Crippen LogP contribution >= 0.6 is 0 Å². The first-order valence-corrected chi connectivity index (χ1v) is 9.66. The minimum absolute atomic E-state index is 0.123. The zero-order chi connectivity index (χ0) is 21.6. The molecule has 3 heterocycles. The number of carbonyl (C=O) groups is 3. The molecule has 0 aromatic heterocycles.